The summed E-state index contributed by atoms with van der Waals surface area (Å²) in [6.07, 6.45) is 1.69. The molecule has 1 saturated heterocycles. The molecule has 0 N–H and O–H groups in total. The van der Waals surface area contributed by atoms with E-state index in [4.69, 9.17) is 10.7 Å². The molecule has 0 aliphatic carbocycles. The largest absolute Gasteiger partial charge is 0.262 e. The van der Waals surface area contributed by atoms with Crippen LogP contribution in [0.2, 0.25) is 0 Å². The SMILES string of the molecule is CC1(C)CCCN(S(=O)(=O)c2ccccc2S(=O)(=O)Cl)C1. The highest BCUT2D eigenvalue weighted by Crippen LogP contribution is 2.33. The molecule has 0 bridgehead atoms. The second-order valence-electron chi connectivity index (χ2n) is 5.99. The predicted molar refractivity (Wildman–Crippen MR) is 81.3 cm³/mol. The van der Waals surface area contributed by atoms with Gasteiger partial charge in [0.15, 0.2) is 0 Å². The highest BCUT2D eigenvalue weighted by Gasteiger charge is 2.36. The summed E-state index contributed by atoms with van der Waals surface area (Å²) >= 11 is 0. The second kappa shape index (κ2) is 5.53. The quantitative estimate of drug-likeness (QED) is 0.784. The van der Waals surface area contributed by atoms with Crippen LogP contribution in [0.1, 0.15) is 26.7 Å². The zero-order valence-corrected chi connectivity index (χ0v) is 14.3. The lowest BCUT2D eigenvalue weighted by Gasteiger charge is -2.37. The monoisotopic (exact) mass is 351 g/mol. The van der Waals surface area contributed by atoms with Crippen molar-refractivity contribution in [2.24, 2.45) is 5.41 Å². The average molecular weight is 352 g/mol. The molecule has 1 heterocycles. The minimum absolute atomic E-state index is 0.125. The van der Waals surface area contributed by atoms with Crippen LogP contribution in [0.15, 0.2) is 34.1 Å². The van der Waals surface area contributed by atoms with E-state index in [2.05, 4.69) is 0 Å². The molecule has 0 atom stereocenters. The molecule has 1 aromatic rings. The molecule has 1 aromatic carbocycles. The van der Waals surface area contributed by atoms with Crippen molar-refractivity contribution in [3.63, 3.8) is 0 Å². The van der Waals surface area contributed by atoms with Gasteiger partial charge in [-0.1, -0.05) is 26.0 Å². The van der Waals surface area contributed by atoms with Crippen LogP contribution in [0, 0.1) is 5.41 Å². The number of piperidine rings is 1. The summed E-state index contributed by atoms with van der Waals surface area (Å²) in [4.78, 5) is -0.618. The number of sulfonamides is 1. The summed E-state index contributed by atoms with van der Waals surface area (Å²) in [7, 11) is -2.64. The number of hydrogen-bond donors (Lipinski definition) is 0. The summed E-state index contributed by atoms with van der Waals surface area (Å²) in [5.74, 6) is 0. The lowest BCUT2D eigenvalue weighted by Crippen LogP contribution is -2.43. The van der Waals surface area contributed by atoms with E-state index >= 15 is 0 Å². The highest BCUT2D eigenvalue weighted by atomic mass is 35.7. The molecule has 0 radical (unpaired) electrons. The molecule has 1 fully saturated rings. The maximum absolute atomic E-state index is 12.7. The van der Waals surface area contributed by atoms with Crippen LogP contribution < -0.4 is 0 Å². The average Bonchev–Trinajstić information content (AvgIpc) is 2.36. The number of rotatable bonds is 3. The Morgan fingerprint density at radius 3 is 2.19 bits per heavy atom. The Morgan fingerprint density at radius 2 is 1.67 bits per heavy atom. The number of halogens is 1. The van der Waals surface area contributed by atoms with Crippen LogP contribution in [0.4, 0.5) is 0 Å². The van der Waals surface area contributed by atoms with Crippen LogP contribution >= 0.6 is 10.7 Å². The molecule has 1 aliphatic rings. The minimum atomic E-state index is -4.12. The number of benzene rings is 1. The van der Waals surface area contributed by atoms with Crippen molar-refractivity contribution in [1.82, 2.24) is 4.31 Å². The van der Waals surface area contributed by atoms with Crippen molar-refractivity contribution in [3.8, 4) is 0 Å². The zero-order chi connectivity index (χ0) is 15.9. The van der Waals surface area contributed by atoms with E-state index in [1.807, 2.05) is 13.8 Å². The fourth-order valence-electron chi connectivity index (χ4n) is 2.58. The fourth-order valence-corrected chi connectivity index (χ4v) is 6.05. The van der Waals surface area contributed by atoms with Gasteiger partial charge in [-0.15, -0.1) is 0 Å². The molecule has 0 amide bonds. The summed E-state index contributed by atoms with van der Waals surface area (Å²) in [6.45, 7) is 4.76. The van der Waals surface area contributed by atoms with Crippen LogP contribution in [0.3, 0.4) is 0 Å². The summed E-state index contributed by atoms with van der Waals surface area (Å²) < 4.78 is 50.0. The summed E-state index contributed by atoms with van der Waals surface area (Å²) in [5, 5.41) is 0. The van der Waals surface area contributed by atoms with E-state index in [1.165, 1.54) is 28.6 Å². The highest BCUT2D eigenvalue weighted by molar-refractivity contribution is 8.14. The van der Waals surface area contributed by atoms with E-state index in [1.54, 1.807) is 0 Å². The molecule has 118 valence electrons. The fraction of sp³-hybridized carbons (Fsp3) is 0.538. The van der Waals surface area contributed by atoms with Gasteiger partial charge in [0.05, 0.1) is 0 Å². The molecule has 0 spiro atoms. The van der Waals surface area contributed by atoms with E-state index in [-0.39, 0.29) is 15.2 Å². The van der Waals surface area contributed by atoms with E-state index in [0.29, 0.717) is 13.1 Å². The van der Waals surface area contributed by atoms with Crippen LogP contribution in [-0.4, -0.2) is 34.2 Å². The van der Waals surface area contributed by atoms with Gasteiger partial charge in [-0.25, -0.2) is 16.8 Å². The van der Waals surface area contributed by atoms with Crippen LogP contribution in [0.25, 0.3) is 0 Å². The minimum Gasteiger partial charge on any atom is -0.207 e. The summed E-state index contributed by atoms with van der Waals surface area (Å²) in [5.41, 5.74) is -0.125. The van der Waals surface area contributed by atoms with Gasteiger partial charge in [0, 0.05) is 23.8 Å². The van der Waals surface area contributed by atoms with Gasteiger partial charge in [0.25, 0.3) is 9.05 Å². The Kier molecular flexibility index (Phi) is 4.41. The Bertz CT molecular complexity index is 741. The van der Waals surface area contributed by atoms with Gasteiger partial charge in [0.1, 0.15) is 9.79 Å². The third-order valence-corrected chi connectivity index (χ3v) is 7.01. The van der Waals surface area contributed by atoms with Gasteiger partial charge in [-0.05, 0) is 30.4 Å². The van der Waals surface area contributed by atoms with Gasteiger partial charge >= 0.3 is 0 Å². The van der Waals surface area contributed by atoms with Crippen molar-refractivity contribution in [2.45, 2.75) is 36.5 Å². The van der Waals surface area contributed by atoms with Crippen molar-refractivity contribution in [1.29, 1.82) is 0 Å². The third-order valence-electron chi connectivity index (χ3n) is 3.60. The van der Waals surface area contributed by atoms with Crippen molar-refractivity contribution in [3.05, 3.63) is 24.3 Å². The number of nitrogens with zero attached hydrogens (tertiary/aromatic N) is 1. The molecule has 0 unspecified atom stereocenters. The van der Waals surface area contributed by atoms with Gasteiger partial charge < -0.3 is 0 Å². The maximum atomic E-state index is 12.7. The molecule has 5 nitrogen and oxygen atoms in total. The topological polar surface area (TPSA) is 71.5 Å². The van der Waals surface area contributed by atoms with Gasteiger partial charge in [0.2, 0.25) is 10.0 Å². The first kappa shape index (κ1) is 16.7. The first-order valence-corrected chi connectivity index (χ1v) is 10.3. The molecule has 0 saturated carbocycles. The molecule has 2 rings (SSSR count). The Hall–Kier alpha value is -0.630. The lowest BCUT2D eigenvalue weighted by atomic mass is 9.85. The zero-order valence-electron chi connectivity index (χ0n) is 11.9. The Labute approximate surface area is 130 Å². The molecular weight excluding hydrogens is 334 g/mol. The van der Waals surface area contributed by atoms with Crippen molar-refractivity contribution in [2.75, 3.05) is 13.1 Å². The number of hydrogen-bond acceptors (Lipinski definition) is 4. The normalized spacial score (nSPS) is 20.3. The predicted octanol–water partition coefficient (Wildman–Crippen LogP) is 2.42. The standard InChI is InChI=1S/C13H18ClNO4S2/c1-13(2)8-5-9-15(10-13)21(18,19)12-7-4-3-6-11(12)20(14,16)17/h3-4,6-7H,5,8-10H2,1-2H3. The summed E-state index contributed by atoms with van der Waals surface area (Å²) in [6, 6.07) is 5.44. The van der Waals surface area contributed by atoms with E-state index in [0.717, 1.165) is 12.8 Å². The van der Waals surface area contributed by atoms with Crippen molar-refractivity contribution < 1.29 is 16.8 Å². The van der Waals surface area contributed by atoms with Crippen LogP contribution in [0.5, 0.6) is 0 Å². The second-order valence-corrected chi connectivity index (χ2v) is 10.4. The molecule has 8 heteroatoms. The van der Waals surface area contributed by atoms with Gasteiger partial charge in [-0.3, -0.25) is 0 Å². The third kappa shape index (κ3) is 3.59. The van der Waals surface area contributed by atoms with Gasteiger partial charge in [-0.2, -0.15) is 4.31 Å². The molecule has 1 aliphatic heterocycles. The van der Waals surface area contributed by atoms with E-state index in [9.17, 15) is 16.8 Å². The molecule has 0 aromatic heterocycles. The molecule has 21 heavy (non-hydrogen) atoms. The molecular formula is C13H18ClNO4S2. The lowest BCUT2D eigenvalue weighted by molar-refractivity contribution is 0.186. The smallest absolute Gasteiger partial charge is 0.207 e. The Morgan fingerprint density at radius 1 is 1.10 bits per heavy atom. The first-order valence-electron chi connectivity index (χ1n) is 6.58. The van der Waals surface area contributed by atoms with Crippen molar-refractivity contribution >= 4 is 29.8 Å². The maximum Gasteiger partial charge on any atom is 0.262 e. The Balaban J connectivity index is 2.51. The van der Waals surface area contributed by atoms with E-state index < -0.39 is 19.1 Å². The first-order chi connectivity index (χ1) is 9.54. The van der Waals surface area contributed by atoms with Crippen LogP contribution in [-0.2, 0) is 19.1 Å².